The number of furan rings is 1. The van der Waals surface area contributed by atoms with E-state index in [-0.39, 0.29) is 5.41 Å². The zero-order chi connectivity index (χ0) is 30.6. The van der Waals surface area contributed by atoms with Gasteiger partial charge in [0.05, 0.1) is 0 Å². The zero-order valence-corrected chi connectivity index (χ0v) is 25.8. The van der Waals surface area contributed by atoms with Crippen LogP contribution in [-0.2, 0) is 5.41 Å². The van der Waals surface area contributed by atoms with Gasteiger partial charge in [-0.3, -0.25) is 0 Å². The fourth-order valence-corrected chi connectivity index (χ4v) is 8.40. The molecule has 1 heteroatoms. The predicted octanol–water partition coefficient (Wildman–Crippen LogP) is 12.7. The molecule has 1 nitrogen and oxygen atoms in total. The molecule has 216 valence electrons. The Bertz CT molecular complexity index is 2660. The van der Waals surface area contributed by atoms with Crippen molar-refractivity contribution in [1.29, 1.82) is 0 Å². The van der Waals surface area contributed by atoms with Crippen LogP contribution in [0.2, 0.25) is 0 Å². The quantitative estimate of drug-likeness (QED) is 0.184. The van der Waals surface area contributed by atoms with Crippen LogP contribution in [0, 0.1) is 0 Å². The van der Waals surface area contributed by atoms with Crippen LogP contribution >= 0.6 is 0 Å². The fraction of sp³-hybridized carbons (Fsp3) is 0.0667. The molecule has 0 aliphatic heterocycles. The van der Waals surface area contributed by atoms with Crippen molar-refractivity contribution in [3.8, 4) is 33.4 Å². The minimum atomic E-state index is -0.104. The molecule has 1 heterocycles. The third kappa shape index (κ3) is 3.30. The standard InChI is InChI=1S/C45H30O/c1-45(2)37-24-11-9-21-35(37)42-38(45)26-27-14-3-4-15-28(27)43(42)41-32-19-7-5-17-30(32)40(31-18-6-8-20-33(31)41)36-23-13-22-34-29-16-10-12-25-39(29)46-44(34)36/h3-26H,1-2H3. The van der Waals surface area contributed by atoms with E-state index in [1.807, 2.05) is 6.07 Å². The second kappa shape index (κ2) is 9.19. The summed E-state index contributed by atoms with van der Waals surface area (Å²) in [5.41, 5.74) is 12.2. The molecule has 0 saturated carbocycles. The predicted molar refractivity (Wildman–Crippen MR) is 195 cm³/mol. The molecule has 0 radical (unpaired) electrons. The van der Waals surface area contributed by atoms with Gasteiger partial charge in [0.25, 0.3) is 0 Å². The highest BCUT2D eigenvalue weighted by Gasteiger charge is 2.38. The van der Waals surface area contributed by atoms with Gasteiger partial charge in [-0.1, -0.05) is 147 Å². The summed E-state index contributed by atoms with van der Waals surface area (Å²) in [5, 5.41) is 9.84. The lowest BCUT2D eigenvalue weighted by molar-refractivity contribution is 0.661. The monoisotopic (exact) mass is 586 g/mol. The summed E-state index contributed by atoms with van der Waals surface area (Å²) < 4.78 is 6.63. The molecular weight excluding hydrogens is 556 g/mol. The van der Waals surface area contributed by atoms with Crippen LogP contribution in [0.25, 0.3) is 87.6 Å². The van der Waals surface area contributed by atoms with Gasteiger partial charge < -0.3 is 4.42 Å². The van der Waals surface area contributed by atoms with Crippen molar-refractivity contribution in [2.45, 2.75) is 19.3 Å². The molecule has 10 rings (SSSR count). The largest absolute Gasteiger partial charge is 0.455 e. The third-order valence-electron chi connectivity index (χ3n) is 10.4. The fourth-order valence-electron chi connectivity index (χ4n) is 8.40. The normalized spacial score (nSPS) is 13.6. The highest BCUT2D eigenvalue weighted by Crippen LogP contribution is 2.57. The molecule has 1 aliphatic rings. The maximum absolute atomic E-state index is 6.63. The zero-order valence-electron chi connectivity index (χ0n) is 25.8. The van der Waals surface area contributed by atoms with Crippen molar-refractivity contribution >= 4 is 54.3 Å². The van der Waals surface area contributed by atoms with Gasteiger partial charge in [0.15, 0.2) is 0 Å². The minimum absolute atomic E-state index is 0.104. The maximum atomic E-state index is 6.63. The minimum Gasteiger partial charge on any atom is -0.455 e. The summed E-state index contributed by atoms with van der Waals surface area (Å²) in [6.07, 6.45) is 0. The van der Waals surface area contributed by atoms with Gasteiger partial charge in [0, 0.05) is 27.3 Å². The van der Waals surface area contributed by atoms with E-state index in [9.17, 15) is 0 Å². The van der Waals surface area contributed by atoms with Crippen LogP contribution < -0.4 is 0 Å². The highest BCUT2D eigenvalue weighted by molar-refractivity contribution is 6.27. The average Bonchev–Trinajstić information content (AvgIpc) is 3.59. The second-order valence-corrected chi connectivity index (χ2v) is 13.2. The van der Waals surface area contributed by atoms with Crippen LogP contribution in [0.5, 0.6) is 0 Å². The van der Waals surface area contributed by atoms with E-state index in [2.05, 4.69) is 153 Å². The number of para-hydroxylation sites is 2. The Balaban J connectivity index is 1.42. The SMILES string of the molecule is CC1(C)c2ccccc2-c2c1cc1ccccc1c2-c1c2ccccc2c(-c2cccc3c2oc2ccccc23)c2ccccc12. The topological polar surface area (TPSA) is 13.1 Å². The first kappa shape index (κ1) is 25.6. The smallest absolute Gasteiger partial charge is 0.143 e. The summed E-state index contributed by atoms with van der Waals surface area (Å²) >= 11 is 0. The molecule has 8 aromatic carbocycles. The molecule has 0 unspecified atom stereocenters. The Morgan fingerprint density at radius 2 is 0.935 bits per heavy atom. The summed E-state index contributed by atoms with van der Waals surface area (Å²) in [5.74, 6) is 0. The van der Waals surface area contributed by atoms with Crippen molar-refractivity contribution < 1.29 is 4.42 Å². The summed E-state index contributed by atoms with van der Waals surface area (Å²) in [6, 6.07) is 53.3. The van der Waals surface area contributed by atoms with Crippen LogP contribution in [0.4, 0.5) is 0 Å². The molecule has 46 heavy (non-hydrogen) atoms. The third-order valence-corrected chi connectivity index (χ3v) is 10.4. The van der Waals surface area contributed by atoms with E-state index in [4.69, 9.17) is 4.42 Å². The van der Waals surface area contributed by atoms with E-state index in [0.29, 0.717) is 0 Å². The first-order valence-electron chi connectivity index (χ1n) is 16.1. The Morgan fingerprint density at radius 3 is 1.67 bits per heavy atom. The lowest BCUT2D eigenvalue weighted by Gasteiger charge is -2.24. The molecule has 0 N–H and O–H groups in total. The van der Waals surface area contributed by atoms with Crippen LogP contribution in [0.1, 0.15) is 25.0 Å². The maximum Gasteiger partial charge on any atom is 0.143 e. The van der Waals surface area contributed by atoms with Crippen molar-refractivity contribution in [2.75, 3.05) is 0 Å². The van der Waals surface area contributed by atoms with E-state index in [1.54, 1.807) is 0 Å². The van der Waals surface area contributed by atoms with E-state index < -0.39 is 0 Å². The Labute approximate surface area is 267 Å². The lowest BCUT2D eigenvalue weighted by Crippen LogP contribution is -2.15. The van der Waals surface area contributed by atoms with Crippen LogP contribution in [0.3, 0.4) is 0 Å². The molecule has 1 aromatic heterocycles. The van der Waals surface area contributed by atoms with Gasteiger partial charge in [-0.25, -0.2) is 0 Å². The molecule has 0 atom stereocenters. The molecule has 1 aliphatic carbocycles. The Morgan fingerprint density at radius 1 is 0.391 bits per heavy atom. The van der Waals surface area contributed by atoms with Gasteiger partial charge in [-0.05, 0) is 77.8 Å². The van der Waals surface area contributed by atoms with Crippen LogP contribution in [-0.4, -0.2) is 0 Å². The second-order valence-electron chi connectivity index (χ2n) is 13.2. The van der Waals surface area contributed by atoms with Gasteiger partial charge >= 0.3 is 0 Å². The molecule has 0 fully saturated rings. The van der Waals surface area contributed by atoms with E-state index in [1.165, 1.54) is 71.3 Å². The van der Waals surface area contributed by atoms with Gasteiger partial charge in [-0.15, -0.1) is 0 Å². The Hall–Kier alpha value is -5.66. The van der Waals surface area contributed by atoms with Crippen molar-refractivity contribution in [3.05, 3.63) is 157 Å². The number of benzene rings is 8. The van der Waals surface area contributed by atoms with Crippen LogP contribution in [0.15, 0.2) is 150 Å². The van der Waals surface area contributed by atoms with Gasteiger partial charge in [0.2, 0.25) is 0 Å². The molecule has 0 spiro atoms. The molecule has 9 aromatic rings. The molecule has 0 saturated heterocycles. The van der Waals surface area contributed by atoms with E-state index >= 15 is 0 Å². The van der Waals surface area contributed by atoms with Gasteiger partial charge in [0.1, 0.15) is 11.2 Å². The first-order valence-corrected chi connectivity index (χ1v) is 16.1. The lowest BCUT2D eigenvalue weighted by atomic mass is 9.79. The number of hydrogen-bond acceptors (Lipinski definition) is 1. The summed E-state index contributed by atoms with van der Waals surface area (Å²) in [7, 11) is 0. The average molecular weight is 587 g/mol. The molecule has 0 amide bonds. The van der Waals surface area contributed by atoms with Gasteiger partial charge in [-0.2, -0.15) is 0 Å². The first-order chi connectivity index (χ1) is 22.6. The molecular formula is C45H30O. The highest BCUT2D eigenvalue weighted by atomic mass is 16.3. The Kier molecular flexibility index (Phi) is 5.12. The van der Waals surface area contributed by atoms with Crippen molar-refractivity contribution in [3.63, 3.8) is 0 Å². The summed E-state index contributed by atoms with van der Waals surface area (Å²) in [4.78, 5) is 0. The van der Waals surface area contributed by atoms with E-state index in [0.717, 1.165) is 27.5 Å². The number of hydrogen-bond donors (Lipinski definition) is 0. The van der Waals surface area contributed by atoms with Crippen molar-refractivity contribution in [1.82, 2.24) is 0 Å². The molecule has 0 bridgehead atoms. The van der Waals surface area contributed by atoms with Crippen molar-refractivity contribution in [2.24, 2.45) is 0 Å². The number of rotatable bonds is 2. The summed E-state index contributed by atoms with van der Waals surface area (Å²) in [6.45, 7) is 4.76. The number of fused-ring (bicyclic) bond motifs is 9.